The van der Waals surface area contributed by atoms with Crippen LogP contribution in [0.5, 0.6) is 0 Å². The first-order chi connectivity index (χ1) is 10.9. The van der Waals surface area contributed by atoms with E-state index in [1.807, 2.05) is 50.2 Å². The first-order valence-corrected chi connectivity index (χ1v) is 8.47. The van der Waals surface area contributed by atoms with Crippen LogP contribution in [0.15, 0.2) is 48.5 Å². The number of carbonyl (C=O) groups is 1. The molecular formula is C20H24ClNO. The highest BCUT2D eigenvalue weighted by atomic mass is 35.5. The summed E-state index contributed by atoms with van der Waals surface area (Å²) in [5.74, 6) is -0.0267. The molecule has 1 amide bonds. The fourth-order valence-electron chi connectivity index (χ4n) is 2.42. The number of anilines is 1. The second-order valence-electron chi connectivity index (χ2n) is 6.39. The van der Waals surface area contributed by atoms with Gasteiger partial charge in [-0.15, -0.1) is 0 Å². The van der Waals surface area contributed by atoms with Crippen LogP contribution in [-0.2, 0) is 16.6 Å². The lowest BCUT2D eigenvalue weighted by Crippen LogP contribution is -2.34. The zero-order chi connectivity index (χ0) is 16.9. The van der Waals surface area contributed by atoms with Gasteiger partial charge in [0.2, 0.25) is 5.91 Å². The minimum Gasteiger partial charge on any atom is -0.325 e. The molecule has 0 bridgehead atoms. The van der Waals surface area contributed by atoms with Gasteiger partial charge in [-0.3, -0.25) is 4.79 Å². The lowest BCUT2D eigenvalue weighted by atomic mass is 9.83. The van der Waals surface area contributed by atoms with Crippen LogP contribution < -0.4 is 5.32 Å². The normalized spacial score (nSPS) is 11.3. The molecule has 0 atom stereocenters. The summed E-state index contributed by atoms with van der Waals surface area (Å²) in [5.41, 5.74) is 2.46. The summed E-state index contributed by atoms with van der Waals surface area (Å²) < 4.78 is 0. The molecule has 122 valence electrons. The number of benzene rings is 2. The molecule has 0 aromatic heterocycles. The molecule has 0 aliphatic heterocycles. The van der Waals surface area contributed by atoms with E-state index in [0.717, 1.165) is 17.7 Å². The Morgan fingerprint density at radius 1 is 1.04 bits per heavy atom. The minimum atomic E-state index is -0.620. The number of nitrogens with one attached hydrogen (secondary N) is 1. The Balaban J connectivity index is 2.06. The van der Waals surface area contributed by atoms with E-state index < -0.39 is 5.41 Å². The van der Waals surface area contributed by atoms with Crippen LogP contribution in [0.1, 0.15) is 44.7 Å². The Hall–Kier alpha value is -1.80. The fraction of sp³-hybridized carbons (Fsp3) is 0.350. The molecule has 0 saturated carbocycles. The molecule has 0 radical (unpaired) electrons. The maximum Gasteiger partial charge on any atom is 0.234 e. The average molecular weight is 330 g/mol. The van der Waals surface area contributed by atoms with Crippen molar-refractivity contribution in [1.29, 1.82) is 0 Å². The lowest BCUT2D eigenvalue weighted by molar-refractivity contribution is -0.120. The smallest absolute Gasteiger partial charge is 0.234 e. The maximum atomic E-state index is 12.6. The standard InChI is InChI=1S/C20H24ClNO/c1-4-5-6-15-7-13-18(14-8-15)22-19(23)20(2,3)16-9-11-17(21)12-10-16/h7-14H,4-6H2,1-3H3,(H,22,23). The Bertz CT molecular complexity index is 644. The van der Waals surface area contributed by atoms with Crippen molar-refractivity contribution < 1.29 is 4.79 Å². The summed E-state index contributed by atoms with van der Waals surface area (Å²) in [5, 5.41) is 3.68. The van der Waals surface area contributed by atoms with E-state index in [0.29, 0.717) is 5.02 Å². The van der Waals surface area contributed by atoms with Crippen LogP contribution in [-0.4, -0.2) is 5.91 Å². The molecule has 0 unspecified atom stereocenters. The fourth-order valence-corrected chi connectivity index (χ4v) is 2.55. The third-order valence-electron chi connectivity index (χ3n) is 4.16. The molecule has 1 N–H and O–H groups in total. The summed E-state index contributed by atoms with van der Waals surface area (Å²) in [4.78, 5) is 12.6. The molecule has 23 heavy (non-hydrogen) atoms. The van der Waals surface area contributed by atoms with Gasteiger partial charge in [-0.25, -0.2) is 0 Å². The van der Waals surface area contributed by atoms with Crippen molar-refractivity contribution in [3.05, 3.63) is 64.7 Å². The Morgan fingerprint density at radius 2 is 1.65 bits per heavy atom. The van der Waals surface area contributed by atoms with Crippen molar-refractivity contribution in [2.45, 2.75) is 45.4 Å². The highest BCUT2D eigenvalue weighted by Gasteiger charge is 2.29. The third-order valence-corrected chi connectivity index (χ3v) is 4.42. The van der Waals surface area contributed by atoms with E-state index in [1.54, 1.807) is 0 Å². The summed E-state index contributed by atoms with van der Waals surface area (Å²) in [6.45, 7) is 6.02. The first kappa shape index (κ1) is 17.6. The number of unbranched alkanes of at least 4 members (excludes halogenated alkanes) is 1. The van der Waals surface area contributed by atoms with E-state index in [4.69, 9.17) is 11.6 Å². The predicted molar refractivity (Wildman–Crippen MR) is 98.2 cm³/mol. The number of rotatable bonds is 6. The second-order valence-corrected chi connectivity index (χ2v) is 6.82. The molecule has 0 saturated heterocycles. The molecule has 0 fully saturated rings. The van der Waals surface area contributed by atoms with Crippen LogP contribution >= 0.6 is 11.6 Å². The molecule has 2 aromatic carbocycles. The van der Waals surface area contributed by atoms with E-state index >= 15 is 0 Å². The molecule has 0 aliphatic rings. The van der Waals surface area contributed by atoms with Crippen LogP contribution in [0.25, 0.3) is 0 Å². The van der Waals surface area contributed by atoms with Crippen molar-refractivity contribution in [2.75, 3.05) is 5.32 Å². The molecule has 2 rings (SSSR count). The van der Waals surface area contributed by atoms with Crippen molar-refractivity contribution in [3.63, 3.8) is 0 Å². The molecule has 0 spiro atoms. The minimum absolute atomic E-state index is 0.0267. The largest absolute Gasteiger partial charge is 0.325 e. The zero-order valence-corrected chi connectivity index (χ0v) is 14.8. The van der Waals surface area contributed by atoms with E-state index in [2.05, 4.69) is 24.4 Å². The monoisotopic (exact) mass is 329 g/mol. The number of hydrogen-bond acceptors (Lipinski definition) is 1. The quantitative estimate of drug-likeness (QED) is 0.734. The van der Waals surface area contributed by atoms with Crippen molar-refractivity contribution >= 4 is 23.2 Å². The highest BCUT2D eigenvalue weighted by Crippen LogP contribution is 2.26. The molecular weight excluding hydrogens is 306 g/mol. The van der Waals surface area contributed by atoms with E-state index in [9.17, 15) is 4.79 Å². The van der Waals surface area contributed by atoms with Gasteiger partial charge in [-0.2, -0.15) is 0 Å². The number of halogens is 1. The average Bonchev–Trinajstić information content (AvgIpc) is 2.54. The van der Waals surface area contributed by atoms with Gasteiger partial charge < -0.3 is 5.32 Å². The summed E-state index contributed by atoms with van der Waals surface area (Å²) in [6.07, 6.45) is 3.46. The highest BCUT2D eigenvalue weighted by molar-refractivity contribution is 6.30. The van der Waals surface area contributed by atoms with Crippen LogP contribution in [0.2, 0.25) is 5.02 Å². The Labute approximate surface area is 143 Å². The van der Waals surface area contributed by atoms with Gasteiger partial charge in [0.25, 0.3) is 0 Å². The van der Waals surface area contributed by atoms with Gasteiger partial charge >= 0.3 is 0 Å². The zero-order valence-electron chi connectivity index (χ0n) is 14.0. The molecule has 3 heteroatoms. The topological polar surface area (TPSA) is 29.1 Å². The van der Waals surface area contributed by atoms with Gasteiger partial charge in [-0.05, 0) is 62.1 Å². The molecule has 0 aliphatic carbocycles. The summed E-state index contributed by atoms with van der Waals surface area (Å²) in [6, 6.07) is 15.5. The van der Waals surface area contributed by atoms with Gasteiger partial charge in [0, 0.05) is 10.7 Å². The number of hydrogen-bond donors (Lipinski definition) is 1. The van der Waals surface area contributed by atoms with Gasteiger partial charge in [0.1, 0.15) is 0 Å². The number of aryl methyl sites for hydroxylation is 1. The van der Waals surface area contributed by atoms with E-state index in [-0.39, 0.29) is 5.91 Å². The maximum absolute atomic E-state index is 12.6. The van der Waals surface area contributed by atoms with Crippen molar-refractivity contribution in [2.24, 2.45) is 0 Å². The van der Waals surface area contributed by atoms with Gasteiger partial charge in [-0.1, -0.05) is 49.2 Å². The number of carbonyl (C=O) groups excluding carboxylic acids is 1. The molecule has 0 heterocycles. The van der Waals surface area contributed by atoms with Crippen LogP contribution in [0, 0.1) is 0 Å². The van der Waals surface area contributed by atoms with Gasteiger partial charge in [0.05, 0.1) is 5.41 Å². The Morgan fingerprint density at radius 3 is 2.22 bits per heavy atom. The summed E-state index contributed by atoms with van der Waals surface area (Å²) in [7, 11) is 0. The van der Waals surface area contributed by atoms with Gasteiger partial charge in [0.15, 0.2) is 0 Å². The lowest BCUT2D eigenvalue weighted by Gasteiger charge is -2.24. The molecule has 2 nitrogen and oxygen atoms in total. The van der Waals surface area contributed by atoms with Crippen LogP contribution in [0.3, 0.4) is 0 Å². The van der Waals surface area contributed by atoms with E-state index in [1.165, 1.54) is 18.4 Å². The number of amides is 1. The van der Waals surface area contributed by atoms with Crippen LogP contribution in [0.4, 0.5) is 5.69 Å². The first-order valence-electron chi connectivity index (χ1n) is 8.10. The third kappa shape index (κ3) is 4.59. The molecule has 2 aromatic rings. The Kier molecular flexibility index (Phi) is 5.84. The predicted octanol–water partition coefficient (Wildman–Crippen LogP) is 5.60. The SMILES string of the molecule is CCCCc1ccc(NC(=O)C(C)(C)c2ccc(Cl)cc2)cc1. The van der Waals surface area contributed by atoms with Crippen molar-refractivity contribution in [3.8, 4) is 0 Å². The summed E-state index contributed by atoms with van der Waals surface area (Å²) >= 11 is 5.92. The second kappa shape index (κ2) is 7.65. The van der Waals surface area contributed by atoms with Crippen molar-refractivity contribution in [1.82, 2.24) is 0 Å².